The average Bonchev–Trinajstić information content (AvgIpc) is 3.06. The molecule has 0 aliphatic carbocycles. The number of carbonyl (C=O) groups is 1. The number of aliphatic hydroxyl groups is 1. The predicted octanol–water partition coefficient (Wildman–Crippen LogP) is 1.97. The lowest BCUT2D eigenvalue weighted by atomic mass is 10.1. The van der Waals surface area contributed by atoms with E-state index < -0.39 is 6.10 Å². The van der Waals surface area contributed by atoms with Crippen molar-refractivity contribution in [2.75, 3.05) is 32.6 Å². The molecule has 6 nitrogen and oxygen atoms in total. The SMILES string of the molecule is COCC(O)CN(C)C(=O)c1ccccc1NCc1ccco1. The number of nitrogens with zero attached hydrogens (tertiary/aromatic N) is 1. The number of hydrogen-bond acceptors (Lipinski definition) is 5. The van der Waals surface area contributed by atoms with Crippen molar-refractivity contribution in [3.05, 3.63) is 54.0 Å². The number of likely N-dealkylation sites (N-methyl/N-ethyl adjacent to an activating group) is 1. The van der Waals surface area contributed by atoms with Gasteiger partial charge in [-0.25, -0.2) is 0 Å². The number of methoxy groups -OCH3 is 1. The molecule has 1 aromatic heterocycles. The van der Waals surface area contributed by atoms with Gasteiger partial charge in [0.25, 0.3) is 5.91 Å². The topological polar surface area (TPSA) is 74.9 Å². The van der Waals surface area contributed by atoms with Crippen LogP contribution in [0.4, 0.5) is 5.69 Å². The summed E-state index contributed by atoms with van der Waals surface area (Å²) >= 11 is 0. The summed E-state index contributed by atoms with van der Waals surface area (Å²) in [6.07, 6.45) is 0.899. The zero-order valence-electron chi connectivity index (χ0n) is 13.4. The zero-order chi connectivity index (χ0) is 16.7. The molecule has 1 atom stereocenters. The molecule has 1 aromatic carbocycles. The van der Waals surface area contributed by atoms with E-state index in [1.54, 1.807) is 19.4 Å². The van der Waals surface area contributed by atoms with Gasteiger partial charge in [0.15, 0.2) is 0 Å². The maximum Gasteiger partial charge on any atom is 0.255 e. The Hall–Kier alpha value is -2.31. The molecule has 2 rings (SSSR count). The lowest BCUT2D eigenvalue weighted by Crippen LogP contribution is -2.36. The standard InChI is InChI=1S/C17H22N2O4/c1-19(11-13(20)12-22-2)17(21)15-7-3-4-8-16(15)18-10-14-6-5-9-23-14/h3-9,13,18,20H,10-12H2,1-2H3. The molecule has 6 heteroatoms. The van der Waals surface area contributed by atoms with Crippen molar-refractivity contribution in [1.82, 2.24) is 4.90 Å². The van der Waals surface area contributed by atoms with Crippen LogP contribution in [0, 0.1) is 0 Å². The third-order valence-electron chi connectivity index (χ3n) is 3.38. The number of anilines is 1. The Morgan fingerprint density at radius 3 is 2.83 bits per heavy atom. The second-order valence-electron chi connectivity index (χ2n) is 5.27. The summed E-state index contributed by atoms with van der Waals surface area (Å²) in [6.45, 7) is 0.891. The second kappa shape index (κ2) is 8.36. The first-order valence-electron chi connectivity index (χ1n) is 7.39. The van der Waals surface area contributed by atoms with Gasteiger partial charge in [-0.2, -0.15) is 0 Å². The van der Waals surface area contributed by atoms with Crippen LogP contribution in [-0.2, 0) is 11.3 Å². The van der Waals surface area contributed by atoms with Crippen LogP contribution in [0.2, 0.25) is 0 Å². The van der Waals surface area contributed by atoms with E-state index in [0.29, 0.717) is 12.1 Å². The highest BCUT2D eigenvalue weighted by molar-refractivity contribution is 5.99. The number of para-hydroxylation sites is 1. The Kier molecular flexibility index (Phi) is 6.19. The van der Waals surface area contributed by atoms with Crippen molar-refractivity contribution in [2.45, 2.75) is 12.6 Å². The van der Waals surface area contributed by atoms with Crippen LogP contribution in [0.5, 0.6) is 0 Å². The van der Waals surface area contributed by atoms with Gasteiger partial charge in [0.2, 0.25) is 0 Å². The van der Waals surface area contributed by atoms with Gasteiger partial charge in [-0.1, -0.05) is 12.1 Å². The highest BCUT2D eigenvalue weighted by Crippen LogP contribution is 2.18. The molecule has 0 fully saturated rings. The number of rotatable bonds is 8. The number of hydrogen-bond donors (Lipinski definition) is 2. The lowest BCUT2D eigenvalue weighted by molar-refractivity contribution is 0.0380. The van der Waals surface area contributed by atoms with E-state index in [9.17, 15) is 9.90 Å². The quantitative estimate of drug-likeness (QED) is 0.778. The molecular formula is C17H22N2O4. The van der Waals surface area contributed by atoms with Crippen LogP contribution in [-0.4, -0.2) is 49.3 Å². The summed E-state index contributed by atoms with van der Waals surface area (Å²) in [6, 6.07) is 11.0. The molecule has 23 heavy (non-hydrogen) atoms. The molecule has 0 aliphatic heterocycles. The fourth-order valence-electron chi connectivity index (χ4n) is 2.27. The van der Waals surface area contributed by atoms with E-state index in [4.69, 9.17) is 9.15 Å². The summed E-state index contributed by atoms with van der Waals surface area (Å²) in [5.74, 6) is 0.624. The summed E-state index contributed by atoms with van der Waals surface area (Å²) in [7, 11) is 3.17. The number of amides is 1. The highest BCUT2D eigenvalue weighted by atomic mass is 16.5. The minimum atomic E-state index is -0.711. The van der Waals surface area contributed by atoms with Gasteiger partial charge in [-0.15, -0.1) is 0 Å². The Morgan fingerprint density at radius 2 is 2.13 bits per heavy atom. The van der Waals surface area contributed by atoms with Crippen LogP contribution in [0.15, 0.2) is 47.1 Å². The van der Waals surface area contributed by atoms with Crippen molar-refractivity contribution in [1.29, 1.82) is 0 Å². The summed E-state index contributed by atoms with van der Waals surface area (Å²) in [5, 5.41) is 13.0. The van der Waals surface area contributed by atoms with E-state index in [2.05, 4.69) is 5.32 Å². The Bertz CT molecular complexity index is 613. The Morgan fingerprint density at radius 1 is 1.35 bits per heavy atom. The lowest BCUT2D eigenvalue weighted by Gasteiger charge is -2.22. The fraction of sp³-hybridized carbons (Fsp3) is 0.353. The maximum absolute atomic E-state index is 12.6. The predicted molar refractivity (Wildman–Crippen MR) is 87.3 cm³/mol. The second-order valence-corrected chi connectivity index (χ2v) is 5.27. The molecule has 0 spiro atoms. The molecule has 1 unspecified atom stereocenters. The van der Waals surface area contributed by atoms with Crippen LogP contribution >= 0.6 is 0 Å². The molecule has 2 N–H and O–H groups in total. The van der Waals surface area contributed by atoms with E-state index in [1.807, 2.05) is 30.3 Å². The number of benzene rings is 1. The Labute approximate surface area is 135 Å². The van der Waals surface area contributed by atoms with E-state index in [1.165, 1.54) is 12.0 Å². The highest BCUT2D eigenvalue weighted by Gasteiger charge is 2.18. The number of carbonyl (C=O) groups excluding carboxylic acids is 1. The van der Waals surface area contributed by atoms with Crippen molar-refractivity contribution in [2.24, 2.45) is 0 Å². The molecular weight excluding hydrogens is 296 g/mol. The molecule has 0 bridgehead atoms. The van der Waals surface area contributed by atoms with Gasteiger partial charge in [-0.05, 0) is 24.3 Å². The van der Waals surface area contributed by atoms with E-state index in [0.717, 1.165) is 11.4 Å². The third kappa shape index (κ3) is 4.84. The van der Waals surface area contributed by atoms with Crippen LogP contribution in [0.3, 0.4) is 0 Å². The van der Waals surface area contributed by atoms with Crippen LogP contribution in [0.25, 0.3) is 0 Å². The zero-order valence-corrected chi connectivity index (χ0v) is 13.4. The van der Waals surface area contributed by atoms with Crippen molar-refractivity contribution < 1.29 is 19.1 Å². The first-order valence-corrected chi connectivity index (χ1v) is 7.39. The van der Waals surface area contributed by atoms with Crippen LogP contribution in [0.1, 0.15) is 16.1 Å². The molecule has 1 heterocycles. The number of ether oxygens (including phenoxy) is 1. The summed E-state index contributed by atoms with van der Waals surface area (Å²) < 4.78 is 10.2. The largest absolute Gasteiger partial charge is 0.467 e. The minimum absolute atomic E-state index is 0.164. The van der Waals surface area contributed by atoms with Crippen LogP contribution < -0.4 is 5.32 Å². The molecule has 0 saturated heterocycles. The van der Waals surface area contributed by atoms with Gasteiger partial charge in [0.05, 0.1) is 31.1 Å². The normalized spacial score (nSPS) is 12.0. The molecule has 1 amide bonds. The smallest absolute Gasteiger partial charge is 0.255 e. The fourth-order valence-corrected chi connectivity index (χ4v) is 2.27. The molecule has 2 aromatic rings. The van der Waals surface area contributed by atoms with Crippen molar-refractivity contribution in [3.63, 3.8) is 0 Å². The van der Waals surface area contributed by atoms with Gasteiger partial charge in [-0.3, -0.25) is 4.79 Å². The van der Waals surface area contributed by atoms with Crippen molar-refractivity contribution >= 4 is 11.6 Å². The minimum Gasteiger partial charge on any atom is -0.467 e. The monoisotopic (exact) mass is 318 g/mol. The average molecular weight is 318 g/mol. The first-order chi connectivity index (χ1) is 11.1. The van der Waals surface area contributed by atoms with Gasteiger partial charge in [0.1, 0.15) is 5.76 Å². The van der Waals surface area contributed by atoms with Gasteiger partial charge >= 0.3 is 0 Å². The summed E-state index contributed by atoms with van der Waals surface area (Å²) in [5.41, 5.74) is 1.27. The number of nitrogens with one attached hydrogen (secondary N) is 1. The number of aliphatic hydroxyl groups excluding tert-OH is 1. The first kappa shape index (κ1) is 17.1. The van der Waals surface area contributed by atoms with Crippen molar-refractivity contribution in [3.8, 4) is 0 Å². The third-order valence-corrected chi connectivity index (χ3v) is 3.38. The van der Waals surface area contributed by atoms with Gasteiger partial charge in [0, 0.05) is 26.4 Å². The molecule has 0 aliphatic rings. The maximum atomic E-state index is 12.6. The Balaban J connectivity index is 2.04. The van der Waals surface area contributed by atoms with E-state index in [-0.39, 0.29) is 19.1 Å². The molecule has 0 saturated carbocycles. The summed E-state index contributed by atoms with van der Waals surface area (Å²) in [4.78, 5) is 14.1. The van der Waals surface area contributed by atoms with E-state index >= 15 is 0 Å². The van der Waals surface area contributed by atoms with Gasteiger partial charge < -0.3 is 24.5 Å². The number of furan rings is 1. The molecule has 0 radical (unpaired) electrons. The molecule has 124 valence electrons.